The van der Waals surface area contributed by atoms with Crippen molar-refractivity contribution in [3.63, 3.8) is 0 Å². The van der Waals surface area contributed by atoms with E-state index in [1.807, 2.05) is 48.2 Å². The fraction of sp³-hybridized carbons (Fsp3) is 0.263. The van der Waals surface area contributed by atoms with E-state index in [0.29, 0.717) is 12.3 Å². The predicted octanol–water partition coefficient (Wildman–Crippen LogP) is 3.66. The second-order valence-corrected chi connectivity index (χ2v) is 5.96. The summed E-state index contributed by atoms with van der Waals surface area (Å²) in [6.45, 7) is 2.63. The molecule has 0 bridgehead atoms. The van der Waals surface area contributed by atoms with Gasteiger partial charge in [-0.3, -0.25) is 4.79 Å². The van der Waals surface area contributed by atoms with Gasteiger partial charge in [0.1, 0.15) is 5.52 Å². The maximum atomic E-state index is 12.5. The summed E-state index contributed by atoms with van der Waals surface area (Å²) >= 11 is 0. The van der Waals surface area contributed by atoms with Crippen molar-refractivity contribution in [2.75, 3.05) is 11.4 Å². The Morgan fingerprint density at radius 3 is 3.04 bits per heavy atom. The average molecular weight is 306 g/mol. The molecule has 0 N–H and O–H groups in total. The van der Waals surface area contributed by atoms with Crippen molar-refractivity contribution < 1.29 is 9.21 Å². The fourth-order valence-corrected chi connectivity index (χ4v) is 3.23. The number of hydrogen-bond acceptors (Lipinski definition) is 3. The lowest BCUT2D eigenvalue weighted by atomic mass is 10.1. The topological polar surface area (TPSA) is 46.3 Å². The Labute approximate surface area is 134 Å². The molecule has 2 heterocycles. The molecule has 4 nitrogen and oxygen atoms in total. The van der Waals surface area contributed by atoms with Crippen molar-refractivity contribution in [3.8, 4) is 0 Å². The summed E-state index contributed by atoms with van der Waals surface area (Å²) in [7, 11) is 0. The van der Waals surface area contributed by atoms with Crippen molar-refractivity contribution in [2.24, 2.45) is 0 Å². The molecule has 2 aromatic carbocycles. The minimum atomic E-state index is 0.186. The number of para-hydroxylation sites is 1. The van der Waals surface area contributed by atoms with Crippen LogP contribution in [0.3, 0.4) is 0 Å². The Bertz CT molecular complexity index is 882. The van der Waals surface area contributed by atoms with Crippen LogP contribution in [0.25, 0.3) is 11.1 Å². The highest BCUT2D eigenvalue weighted by Gasteiger charge is 2.23. The Morgan fingerprint density at radius 2 is 2.13 bits per heavy atom. The van der Waals surface area contributed by atoms with Crippen LogP contribution in [0.2, 0.25) is 0 Å². The minimum absolute atomic E-state index is 0.186. The molecule has 4 rings (SSSR count). The van der Waals surface area contributed by atoms with Crippen molar-refractivity contribution in [1.82, 2.24) is 4.98 Å². The number of anilines is 1. The lowest BCUT2D eigenvalue weighted by Crippen LogP contribution is -2.29. The third-order valence-corrected chi connectivity index (χ3v) is 4.37. The SMILES string of the molecule is Cc1nc2cc(CCC(=O)N3CCc4ccccc43)ccc2o1. The van der Waals surface area contributed by atoms with Crippen LogP contribution in [0.15, 0.2) is 46.9 Å². The van der Waals surface area contributed by atoms with Gasteiger partial charge < -0.3 is 9.32 Å². The number of amides is 1. The smallest absolute Gasteiger partial charge is 0.227 e. The molecular weight excluding hydrogens is 288 g/mol. The zero-order valence-corrected chi connectivity index (χ0v) is 13.1. The number of benzene rings is 2. The molecule has 3 aromatic rings. The summed E-state index contributed by atoms with van der Waals surface area (Å²) < 4.78 is 5.48. The number of carbonyl (C=O) groups excluding carboxylic acids is 1. The number of carbonyl (C=O) groups is 1. The summed E-state index contributed by atoms with van der Waals surface area (Å²) in [4.78, 5) is 18.8. The van der Waals surface area contributed by atoms with Crippen molar-refractivity contribution in [3.05, 3.63) is 59.5 Å². The number of hydrogen-bond donors (Lipinski definition) is 0. The van der Waals surface area contributed by atoms with E-state index in [-0.39, 0.29) is 5.91 Å². The van der Waals surface area contributed by atoms with Gasteiger partial charge in [-0.15, -0.1) is 0 Å². The monoisotopic (exact) mass is 306 g/mol. The number of nitrogens with zero attached hydrogens (tertiary/aromatic N) is 2. The van der Waals surface area contributed by atoms with Crippen molar-refractivity contribution in [2.45, 2.75) is 26.2 Å². The van der Waals surface area contributed by atoms with Crippen LogP contribution < -0.4 is 4.90 Å². The summed E-state index contributed by atoms with van der Waals surface area (Å²) in [5.41, 5.74) is 5.11. The van der Waals surface area contributed by atoms with E-state index in [4.69, 9.17) is 4.42 Å². The van der Waals surface area contributed by atoms with Crippen molar-refractivity contribution >= 4 is 22.7 Å². The van der Waals surface area contributed by atoms with Crippen LogP contribution in [0.5, 0.6) is 0 Å². The van der Waals surface area contributed by atoms with Crippen LogP contribution in [-0.2, 0) is 17.6 Å². The first-order valence-electron chi connectivity index (χ1n) is 7.95. The summed E-state index contributed by atoms with van der Waals surface area (Å²) in [5.74, 6) is 0.855. The van der Waals surface area contributed by atoms with Gasteiger partial charge in [-0.05, 0) is 42.2 Å². The van der Waals surface area contributed by atoms with Gasteiger partial charge in [0, 0.05) is 25.6 Å². The molecular formula is C19H18N2O2. The minimum Gasteiger partial charge on any atom is -0.441 e. The second kappa shape index (κ2) is 5.54. The van der Waals surface area contributed by atoms with E-state index in [1.54, 1.807) is 0 Å². The fourth-order valence-electron chi connectivity index (χ4n) is 3.23. The normalized spacial score (nSPS) is 13.5. The summed E-state index contributed by atoms with van der Waals surface area (Å²) in [6, 6.07) is 14.1. The quantitative estimate of drug-likeness (QED) is 0.742. The zero-order valence-electron chi connectivity index (χ0n) is 13.1. The van der Waals surface area contributed by atoms with E-state index in [1.165, 1.54) is 5.56 Å². The number of aromatic nitrogens is 1. The summed E-state index contributed by atoms with van der Waals surface area (Å²) in [6.07, 6.45) is 2.18. The van der Waals surface area contributed by atoms with E-state index < -0.39 is 0 Å². The van der Waals surface area contributed by atoms with Gasteiger partial charge in [0.05, 0.1) is 0 Å². The molecule has 1 amide bonds. The first kappa shape index (κ1) is 14.0. The molecule has 1 aromatic heterocycles. The van der Waals surface area contributed by atoms with E-state index in [0.717, 1.165) is 41.7 Å². The van der Waals surface area contributed by atoms with Gasteiger partial charge in [-0.25, -0.2) is 4.98 Å². The zero-order chi connectivity index (χ0) is 15.8. The molecule has 0 radical (unpaired) electrons. The second-order valence-electron chi connectivity index (χ2n) is 5.96. The highest BCUT2D eigenvalue weighted by atomic mass is 16.3. The molecule has 116 valence electrons. The van der Waals surface area contributed by atoms with Crippen LogP contribution in [0.4, 0.5) is 5.69 Å². The van der Waals surface area contributed by atoms with Crippen LogP contribution in [0.1, 0.15) is 23.4 Å². The van der Waals surface area contributed by atoms with Gasteiger partial charge in [0.25, 0.3) is 0 Å². The van der Waals surface area contributed by atoms with E-state index >= 15 is 0 Å². The number of fused-ring (bicyclic) bond motifs is 2. The van der Waals surface area contributed by atoms with E-state index in [9.17, 15) is 4.79 Å². The standard InChI is InChI=1S/C19H18N2O2/c1-13-20-16-12-14(6-8-18(16)23-13)7-9-19(22)21-11-10-15-4-2-3-5-17(15)21/h2-6,8,12H,7,9-11H2,1H3. The number of rotatable bonds is 3. The highest BCUT2D eigenvalue weighted by molar-refractivity contribution is 5.95. The molecule has 0 unspecified atom stereocenters. The number of oxazole rings is 1. The van der Waals surface area contributed by atoms with Crippen molar-refractivity contribution in [1.29, 1.82) is 0 Å². The largest absolute Gasteiger partial charge is 0.441 e. The molecule has 0 aliphatic carbocycles. The Morgan fingerprint density at radius 1 is 1.26 bits per heavy atom. The maximum Gasteiger partial charge on any atom is 0.227 e. The van der Waals surface area contributed by atoms with Gasteiger partial charge in [0.2, 0.25) is 5.91 Å². The number of aryl methyl sites for hydroxylation is 2. The highest BCUT2D eigenvalue weighted by Crippen LogP contribution is 2.28. The third-order valence-electron chi connectivity index (χ3n) is 4.37. The molecule has 1 aliphatic rings. The molecule has 0 saturated carbocycles. The lowest BCUT2D eigenvalue weighted by Gasteiger charge is -2.17. The molecule has 0 saturated heterocycles. The van der Waals surface area contributed by atoms with Gasteiger partial charge in [-0.2, -0.15) is 0 Å². The molecule has 23 heavy (non-hydrogen) atoms. The Kier molecular flexibility index (Phi) is 3.37. The Balaban J connectivity index is 1.47. The average Bonchev–Trinajstić information content (AvgIpc) is 3.14. The molecule has 0 atom stereocenters. The molecule has 4 heteroatoms. The first-order chi connectivity index (χ1) is 11.2. The molecule has 1 aliphatic heterocycles. The van der Waals surface area contributed by atoms with E-state index in [2.05, 4.69) is 11.1 Å². The van der Waals surface area contributed by atoms with Gasteiger partial charge in [0.15, 0.2) is 11.5 Å². The van der Waals surface area contributed by atoms with Crippen LogP contribution in [-0.4, -0.2) is 17.4 Å². The van der Waals surface area contributed by atoms with Gasteiger partial charge in [-0.1, -0.05) is 24.3 Å². The maximum absolute atomic E-state index is 12.5. The van der Waals surface area contributed by atoms with Crippen LogP contribution >= 0.6 is 0 Å². The van der Waals surface area contributed by atoms with Crippen LogP contribution in [0, 0.1) is 6.92 Å². The third kappa shape index (κ3) is 2.61. The predicted molar refractivity (Wildman–Crippen MR) is 89.6 cm³/mol. The molecule has 0 spiro atoms. The van der Waals surface area contributed by atoms with Gasteiger partial charge >= 0.3 is 0 Å². The lowest BCUT2D eigenvalue weighted by molar-refractivity contribution is -0.118. The molecule has 0 fully saturated rings. The first-order valence-corrected chi connectivity index (χ1v) is 7.95. The Hall–Kier alpha value is -2.62. The summed E-state index contributed by atoms with van der Waals surface area (Å²) in [5, 5.41) is 0.